The van der Waals surface area contributed by atoms with Crippen molar-refractivity contribution in [3.05, 3.63) is 22.4 Å². The number of carbonyl (C=O) groups is 1. The smallest absolute Gasteiger partial charge is 0.268 e. The minimum absolute atomic E-state index is 0.0332. The number of halogens is 1. The summed E-state index contributed by atoms with van der Waals surface area (Å²) in [6.45, 7) is 4.56. The Balaban J connectivity index is 2.01. The second-order valence-electron chi connectivity index (χ2n) is 6.09. The van der Waals surface area contributed by atoms with Crippen LogP contribution in [0.1, 0.15) is 50.0 Å². The van der Waals surface area contributed by atoms with Gasteiger partial charge >= 0.3 is 0 Å². The van der Waals surface area contributed by atoms with E-state index in [1.54, 1.807) is 0 Å². The van der Waals surface area contributed by atoms with Crippen LogP contribution in [0, 0.1) is 5.41 Å². The molecule has 1 aliphatic carbocycles. The van der Waals surface area contributed by atoms with Crippen molar-refractivity contribution in [2.75, 3.05) is 0 Å². The lowest BCUT2D eigenvalue weighted by Gasteiger charge is -2.35. The van der Waals surface area contributed by atoms with E-state index in [9.17, 15) is 4.79 Å². The molecule has 1 amide bonds. The molecule has 1 aromatic rings. The quantitative estimate of drug-likeness (QED) is 0.891. The highest BCUT2D eigenvalue weighted by atomic mass is 79.9. The second kappa shape index (κ2) is 5.08. The summed E-state index contributed by atoms with van der Waals surface area (Å²) in [5.41, 5.74) is 1.07. The van der Waals surface area contributed by atoms with Gasteiger partial charge in [0.1, 0.15) is 5.69 Å². The van der Waals surface area contributed by atoms with Crippen molar-refractivity contribution in [3.63, 3.8) is 0 Å². The van der Waals surface area contributed by atoms with E-state index in [0.717, 1.165) is 17.3 Å². The van der Waals surface area contributed by atoms with Gasteiger partial charge in [-0.2, -0.15) is 0 Å². The normalized spacial score (nSPS) is 22.8. The van der Waals surface area contributed by atoms with Crippen molar-refractivity contribution in [2.24, 2.45) is 12.5 Å². The molecular formula is C14H21BrN2O. The van der Waals surface area contributed by atoms with Crippen LogP contribution in [-0.4, -0.2) is 16.5 Å². The highest BCUT2D eigenvalue weighted by Crippen LogP contribution is 2.35. The van der Waals surface area contributed by atoms with Crippen LogP contribution in [0.15, 0.2) is 16.7 Å². The molecule has 0 radical (unpaired) electrons. The third-order valence-corrected chi connectivity index (χ3v) is 4.18. The fourth-order valence-electron chi connectivity index (χ4n) is 2.83. The topological polar surface area (TPSA) is 34.0 Å². The molecule has 0 aromatic carbocycles. The van der Waals surface area contributed by atoms with E-state index in [1.165, 1.54) is 12.8 Å². The highest BCUT2D eigenvalue weighted by molar-refractivity contribution is 9.10. The van der Waals surface area contributed by atoms with E-state index in [2.05, 4.69) is 35.1 Å². The Bertz CT molecular complexity index is 451. The van der Waals surface area contributed by atoms with Gasteiger partial charge in [0.15, 0.2) is 0 Å². The molecular weight excluding hydrogens is 292 g/mol. The van der Waals surface area contributed by atoms with Crippen LogP contribution in [0.3, 0.4) is 0 Å². The zero-order valence-corrected chi connectivity index (χ0v) is 12.9. The molecule has 3 nitrogen and oxygen atoms in total. The van der Waals surface area contributed by atoms with Gasteiger partial charge in [0, 0.05) is 23.8 Å². The minimum Gasteiger partial charge on any atom is -0.348 e. The van der Waals surface area contributed by atoms with Gasteiger partial charge in [0.25, 0.3) is 5.91 Å². The first-order valence-electron chi connectivity index (χ1n) is 6.50. The lowest BCUT2D eigenvalue weighted by molar-refractivity contribution is 0.0894. The van der Waals surface area contributed by atoms with Crippen molar-refractivity contribution < 1.29 is 4.79 Å². The number of aromatic nitrogens is 1. The standard InChI is InChI=1S/C14H21BrN2O/c1-14(2)6-4-5-11(8-14)16-13(18)12-7-10(15)9-17(12)3/h7,9,11H,4-6,8H2,1-3H3,(H,16,18). The monoisotopic (exact) mass is 312 g/mol. The number of rotatable bonds is 2. The molecule has 0 bridgehead atoms. The van der Waals surface area contributed by atoms with Crippen molar-refractivity contribution in [3.8, 4) is 0 Å². The lowest BCUT2D eigenvalue weighted by Crippen LogP contribution is -2.41. The summed E-state index contributed by atoms with van der Waals surface area (Å²) in [5.74, 6) is 0.0332. The molecule has 1 aliphatic rings. The number of aryl methyl sites for hydroxylation is 1. The summed E-state index contributed by atoms with van der Waals surface area (Å²) in [4.78, 5) is 12.2. The predicted octanol–water partition coefficient (Wildman–Crippen LogP) is 3.49. The number of nitrogens with one attached hydrogen (secondary N) is 1. The predicted molar refractivity (Wildman–Crippen MR) is 76.6 cm³/mol. The van der Waals surface area contributed by atoms with Gasteiger partial charge in [-0.1, -0.05) is 20.3 Å². The average Bonchev–Trinajstić information content (AvgIpc) is 2.56. The van der Waals surface area contributed by atoms with Gasteiger partial charge in [0.05, 0.1) is 0 Å². The van der Waals surface area contributed by atoms with Crippen LogP contribution in [0.25, 0.3) is 0 Å². The van der Waals surface area contributed by atoms with Crippen LogP contribution in [0.2, 0.25) is 0 Å². The van der Waals surface area contributed by atoms with Crippen LogP contribution >= 0.6 is 15.9 Å². The molecule has 1 unspecified atom stereocenters. The number of hydrogen-bond donors (Lipinski definition) is 1. The van der Waals surface area contributed by atoms with Crippen LogP contribution in [-0.2, 0) is 7.05 Å². The van der Waals surface area contributed by atoms with Crippen LogP contribution in [0.4, 0.5) is 0 Å². The Morgan fingerprint density at radius 3 is 2.83 bits per heavy atom. The maximum absolute atomic E-state index is 12.2. The molecule has 1 saturated carbocycles. The molecule has 0 spiro atoms. The van der Waals surface area contributed by atoms with Crippen molar-refractivity contribution in [1.29, 1.82) is 0 Å². The Hall–Kier alpha value is -0.770. The zero-order valence-electron chi connectivity index (χ0n) is 11.3. The van der Waals surface area contributed by atoms with Gasteiger partial charge in [-0.25, -0.2) is 0 Å². The van der Waals surface area contributed by atoms with Gasteiger partial charge in [-0.05, 0) is 46.7 Å². The van der Waals surface area contributed by atoms with Crippen molar-refractivity contribution in [2.45, 2.75) is 45.6 Å². The number of carbonyl (C=O) groups excluding carboxylic acids is 1. The summed E-state index contributed by atoms with van der Waals surface area (Å²) in [5, 5.41) is 3.16. The molecule has 100 valence electrons. The SMILES string of the molecule is Cn1cc(Br)cc1C(=O)NC1CCCC(C)(C)C1. The van der Waals surface area contributed by atoms with Crippen molar-refractivity contribution >= 4 is 21.8 Å². The van der Waals surface area contributed by atoms with Crippen molar-refractivity contribution in [1.82, 2.24) is 9.88 Å². The first kappa shape index (κ1) is 13.7. The summed E-state index contributed by atoms with van der Waals surface area (Å²) in [6.07, 6.45) is 6.54. The molecule has 18 heavy (non-hydrogen) atoms. The number of nitrogens with zero attached hydrogens (tertiary/aromatic N) is 1. The van der Waals surface area contributed by atoms with Gasteiger partial charge in [0.2, 0.25) is 0 Å². The maximum Gasteiger partial charge on any atom is 0.268 e. The summed E-state index contributed by atoms with van der Waals surface area (Å²) in [7, 11) is 1.89. The summed E-state index contributed by atoms with van der Waals surface area (Å²) < 4.78 is 2.80. The first-order valence-corrected chi connectivity index (χ1v) is 7.29. The van der Waals surface area contributed by atoms with Crippen LogP contribution in [0.5, 0.6) is 0 Å². The second-order valence-corrected chi connectivity index (χ2v) is 7.00. The maximum atomic E-state index is 12.2. The van der Waals surface area contributed by atoms with Gasteiger partial charge in [-0.3, -0.25) is 4.79 Å². The minimum atomic E-state index is 0.0332. The Morgan fingerprint density at radius 1 is 1.56 bits per heavy atom. The molecule has 0 aliphatic heterocycles. The lowest BCUT2D eigenvalue weighted by atomic mass is 9.75. The summed E-state index contributed by atoms with van der Waals surface area (Å²) in [6, 6.07) is 2.18. The van der Waals surface area contributed by atoms with E-state index >= 15 is 0 Å². The number of amides is 1. The van der Waals surface area contributed by atoms with E-state index in [-0.39, 0.29) is 5.91 Å². The third kappa shape index (κ3) is 3.16. The van der Waals surface area contributed by atoms with Crippen LogP contribution < -0.4 is 5.32 Å². The fourth-order valence-corrected chi connectivity index (χ4v) is 3.35. The first-order chi connectivity index (χ1) is 8.37. The Morgan fingerprint density at radius 2 is 2.28 bits per heavy atom. The van der Waals surface area contributed by atoms with E-state index in [4.69, 9.17) is 0 Å². The molecule has 2 rings (SSSR count). The molecule has 4 heteroatoms. The average molecular weight is 313 g/mol. The van der Waals surface area contributed by atoms with Gasteiger partial charge < -0.3 is 9.88 Å². The number of hydrogen-bond acceptors (Lipinski definition) is 1. The molecule has 1 heterocycles. The van der Waals surface area contributed by atoms with E-state index in [0.29, 0.717) is 17.2 Å². The molecule has 1 atom stereocenters. The Kier molecular flexibility index (Phi) is 3.85. The van der Waals surface area contributed by atoms with Gasteiger partial charge in [-0.15, -0.1) is 0 Å². The molecule has 1 aromatic heterocycles. The zero-order chi connectivity index (χ0) is 13.3. The van der Waals surface area contributed by atoms with E-state index < -0.39 is 0 Å². The molecule has 1 fully saturated rings. The fraction of sp³-hybridized carbons (Fsp3) is 0.643. The highest BCUT2D eigenvalue weighted by Gasteiger charge is 2.29. The largest absolute Gasteiger partial charge is 0.348 e. The third-order valence-electron chi connectivity index (χ3n) is 3.74. The Labute approximate surface area is 117 Å². The molecule has 1 N–H and O–H groups in total. The molecule has 0 saturated heterocycles. The summed E-state index contributed by atoms with van der Waals surface area (Å²) >= 11 is 3.39. The van der Waals surface area contributed by atoms with E-state index in [1.807, 2.05) is 23.9 Å².